The lowest BCUT2D eigenvalue weighted by molar-refractivity contribution is -0.126. The van der Waals surface area contributed by atoms with Crippen molar-refractivity contribution in [3.05, 3.63) is 78.4 Å². The van der Waals surface area contributed by atoms with Crippen molar-refractivity contribution in [1.82, 2.24) is 25.1 Å². The molecule has 2 aromatic heterocycles. The van der Waals surface area contributed by atoms with Gasteiger partial charge in [-0.15, -0.1) is 15.3 Å². The zero-order valence-corrected chi connectivity index (χ0v) is 18.1. The van der Waals surface area contributed by atoms with E-state index in [2.05, 4.69) is 20.4 Å². The molecule has 7 heteroatoms. The number of rotatable bonds is 5. The summed E-state index contributed by atoms with van der Waals surface area (Å²) < 4.78 is 1.80. The van der Waals surface area contributed by atoms with Crippen LogP contribution < -0.4 is 10.2 Å². The molecule has 162 valence electrons. The maximum atomic E-state index is 12.8. The van der Waals surface area contributed by atoms with Crippen LogP contribution in [0.2, 0.25) is 0 Å². The van der Waals surface area contributed by atoms with Crippen molar-refractivity contribution in [3.63, 3.8) is 0 Å². The van der Waals surface area contributed by atoms with Gasteiger partial charge in [0.05, 0.1) is 6.04 Å². The number of fused-ring (bicyclic) bond motifs is 1. The molecule has 3 heterocycles. The van der Waals surface area contributed by atoms with E-state index in [1.807, 2.05) is 79.7 Å². The second-order valence-corrected chi connectivity index (χ2v) is 8.25. The first-order valence-corrected chi connectivity index (χ1v) is 11.1. The molecule has 1 amide bonds. The summed E-state index contributed by atoms with van der Waals surface area (Å²) in [6.45, 7) is 3.61. The summed E-state index contributed by atoms with van der Waals surface area (Å²) in [5.74, 6) is 1.77. The van der Waals surface area contributed by atoms with Crippen LogP contribution in [0.4, 0.5) is 5.82 Å². The number of amides is 1. The minimum atomic E-state index is 0.0101. The third-order valence-electron chi connectivity index (χ3n) is 6.13. The molecule has 0 saturated carbocycles. The van der Waals surface area contributed by atoms with E-state index < -0.39 is 0 Å². The van der Waals surface area contributed by atoms with Crippen LogP contribution in [-0.2, 0) is 4.79 Å². The average Bonchev–Trinajstić information content (AvgIpc) is 3.28. The predicted molar refractivity (Wildman–Crippen MR) is 124 cm³/mol. The van der Waals surface area contributed by atoms with E-state index in [1.54, 1.807) is 4.52 Å². The molecule has 4 aromatic rings. The monoisotopic (exact) mass is 426 g/mol. The van der Waals surface area contributed by atoms with Crippen molar-refractivity contribution < 1.29 is 4.79 Å². The van der Waals surface area contributed by atoms with Crippen LogP contribution in [0.1, 0.15) is 31.4 Å². The van der Waals surface area contributed by atoms with Crippen molar-refractivity contribution in [3.8, 4) is 11.4 Å². The molecule has 1 fully saturated rings. The number of carbonyl (C=O) groups is 1. The highest BCUT2D eigenvalue weighted by atomic mass is 16.1. The fourth-order valence-corrected chi connectivity index (χ4v) is 4.24. The number of piperidine rings is 1. The molecule has 1 N–H and O–H groups in total. The summed E-state index contributed by atoms with van der Waals surface area (Å²) in [5, 5.41) is 16.5. The van der Waals surface area contributed by atoms with Crippen molar-refractivity contribution >= 4 is 17.4 Å². The highest BCUT2D eigenvalue weighted by Gasteiger charge is 2.27. The Kier molecular flexibility index (Phi) is 5.54. The Bertz CT molecular complexity index is 1200. The van der Waals surface area contributed by atoms with Crippen LogP contribution in [0.25, 0.3) is 17.0 Å². The molecular weight excluding hydrogens is 400 g/mol. The maximum Gasteiger partial charge on any atom is 0.223 e. The summed E-state index contributed by atoms with van der Waals surface area (Å²) in [6.07, 6.45) is 1.61. The number of carbonyl (C=O) groups excluding carboxylic acids is 1. The van der Waals surface area contributed by atoms with Gasteiger partial charge in [-0.3, -0.25) is 4.79 Å². The molecule has 1 unspecified atom stereocenters. The molecule has 0 aliphatic carbocycles. The van der Waals surface area contributed by atoms with Crippen LogP contribution in [-0.4, -0.2) is 38.8 Å². The Balaban J connectivity index is 1.25. The molecule has 1 atom stereocenters. The first-order valence-electron chi connectivity index (χ1n) is 11.1. The van der Waals surface area contributed by atoms with E-state index in [0.29, 0.717) is 0 Å². The Morgan fingerprint density at radius 2 is 1.62 bits per heavy atom. The van der Waals surface area contributed by atoms with E-state index in [4.69, 9.17) is 5.10 Å². The summed E-state index contributed by atoms with van der Waals surface area (Å²) >= 11 is 0. The van der Waals surface area contributed by atoms with E-state index in [0.717, 1.165) is 54.3 Å². The highest BCUT2D eigenvalue weighted by Crippen LogP contribution is 2.24. The Labute approximate surface area is 187 Å². The van der Waals surface area contributed by atoms with Gasteiger partial charge in [0.1, 0.15) is 5.82 Å². The molecule has 1 aliphatic rings. The minimum absolute atomic E-state index is 0.0101. The van der Waals surface area contributed by atoms with Gasteiger partial charge in [-0.1, -0.05) is 60.7 Å². The van der Waals surface area contributed by atoms with Gasteiger partial charge in [0.2, 0.25) is 5.91 Å². The van der Waals surface area contributed by atoms with Gasteiger partial charge < -0.3 is 10.2 Å². The molecule has 32 heavy (non-hydrogen) atoms. The maximum absolute atomic E-state index is 12.8. The third kappa shape index (κ3) is 4.06. The second kappa shape index (κ2) is 8.78. The van der Waals surface area contributed by atoms with E-state index >= 15 is 0 Å². The van der Waals surface area contributed by atoms with E-state index in [9.17, 15) is 4.79 Å². The number of anilines is 1. The van der Waals surface area contributed by atoms with Crippen LogP contribution in [0.5, 0.6) is 0 Å². The zero-order chi connectivity index (χ0) is 21.9. The lowest BCUT2D eigenvalue weighted by Crippen LogP contribution is -2.41. The standard InChI is InChI=1S/C25H26N6O/c1-18(19-8-4-2-5-9-19)26-25(32)21-14-16-30(17-15-21)23-13-12-22-27-28-24(31(22)29-23)20-10-6-3-7-11-20/h2-13,18,21H,14-17H2,1H3,(H,26,32). The van der Waals surface area contributed by atoms with Crippen LogP contribution in [0.15, 0.2) is 72.8 Å². The number of nitrogens with one attached hydrogen (secondary N) is 1. The van der Waals surface area contributed by atoms with E-state index in [-0.39, 0.29) is 17.9 Å². The fourth-order valence-electron chi connectivity index (χ4n) is 4.24. The Morgan fingerprint density at radius 3 is 2.34 bits per heavy atom. The normalized spacial score (nSPS) is 15.6. The van der Waals surface area contributed by atoms with Gasteiger partial charge in [-0.25, -0.2) is 0 Å². The zero-order valence-electron chi connectivity index (χ0n) is 18.1. The number of nitrogens with zero attached hydrogens (tertiary/aromatic N) is 5. The lowest BCUT2D eigenvalue weighted by Gasteiger charge is -2.32. The van der Waals surface area contributed by atoms with Crippen molar-refractivity contribution in [2.75, 3.05) is 18.0 Å². The predicted octanol–water partition coefficient (Wildman–Crippen LogP) is 3.89. The fraction of sp³-hybridized carbons (Fsp3) is 0.280. The highest BCUT2D eigenvalue weighted by molar-refractivity contribution is 5.79. The topological polar surface area (TPSA) is 75.4 Å². The Hall–Kier alpha value is -3.74. The molecule has 0 spiro atoms. The average molecular weight is 427 g/mol. The quantitative estimate of drug-likeness (QED) is 0.524. The van der Waals surface area contributed by atoms with Crippen LogP contribution >= 0.6 is 0 Å². The number of aromatic nitrogens is 4. The smallest absolute Gasteiger partial charge is 0.223 e. The van der Waals surface area contributed by atoms with Crippen LogP contribution in [0.3, 0.4) is 0 Å². The van der Waals surface area contributed by atoms with E-state index in [1.165, 1.54) is 0 Å². The minimum Gasteiger partial charge on any atom is -0.355 e. The van der Waals surface area contributed by atoms with Gasteiger partial charge >= 0.3 is 0 Å². The SMILES string of the molecule is CC(NC(=O)C1CCN(c2ccc3nnc(-c4ccccc4)n3n2)CC1)c1ccccc1. The third-order valence-corrected chi connectivity index (χ3v) is 6.13. The van der Waals surface area contributed by atoms with Gasteiger partial charge in [-0.05, 0) is 37.5 Å². The molecular formula is C25H26N6O. The summed E-state index contributed by atoms with van der Waals surface area (Å²) in [6, 6.07) is 24.0. The largest absolute Gasteiger partial charge is 0.355 e. The summed E-state index contributed by atoms with van der Waals surface area (Å²) in [4.78, 5) is 15.0. The van der Waals surface area contributed by atoms with Gasteiger partial charge in [0.15, 0.2) is 11.5 Å². The van der Waals surface area contributed by atoms with Gasteiger partial charge in [-0.2, -0.15) is 4.52 Å². The van der Waals surface area contributed by atoms with Gasteiger partial charge in [0, 0.05) is 24.6 Å². The molecule has 1 aliphatic heterocycles. The molecule has 1 saturated heterocycles. The van der Waals surface area contributed by atoms with Gasteiger partial charge in [0.25, 0.3) is 0 Å². The number of hydrogen-bond acceptors (Lipinski definition) is 5. The van der Waals surface area contributed by atoms with Crippen molar-refractivity contribution in [2.45, 2.75) is 25.8 Å². The Morgan fingerprint density at radius 1 is 0.938 bits per heavy atom. The van der Waals surface area contributed by atoms with Crippen molar-refractivity contribution in [2.24, 2.45) is 5.92 Å². The summed E-state index contributed by atoms with van der Waals surface area (Å²) in [5.41, 5.74) is 2.82. The summed E-state index contributed by atoms with van der Waals surface area (Å²) in [7, 11) is 0. The lowest BCUT2D eigenvalue weighted by atomic mass is 9.95. The van der Waals surface area contributed by atoms with Crippen molar-refractivity contribution in [1.29, 1.82) is 0 Å². The molecule has 0 bridgehead atoms. The molecule has 7 nitrogen and oxygen atoms in total. The molecule has 5 rings (SSSR count). The molecule has 0 radical (unpaired) electrons. The molecule has 2 aromatic carbocycles. The van der Waals surface area contributed by atoms with Crippen LogP contribution in [0, 0.1) is 5.92 Å². The first kappa shape index (κ1) is 20.2. The number of benzene rings is 2. The number of hydrogen-bond donors (Lipinski definition) is 1. The second-order valence-electron chi connectivity index (χ2n) is 8.25. The first-order chi connectivity index (χ1) is 15.7.